The summed E-state index contributed by atoms with van der Waals surface area (Å²) in [5, 5.41) is 8.45. The third-order valence-electron chi connectivity index (χ3n) is 2.34. The first-order valence-corrected chi connectivity index (χ1v) is 6.88. The Balaban J connectivity index is 2.03. The number of hydrogen-bond donors (Lipinski definition) is 1. The highest BCUT2D eigenvalue weighted by Crippen LogP contribution is 2.15. The van der Waals surface area contributed by atoms with Gasteiger partial charge in [-0.05, 0) is 36.3 Å². The molecule has 0 amide bonds. The number of thioether (sulfide) groups is 1. The molecule has 0 bridgehead atoms. The van der Waals surface area contributed by atoms with Crippen molar-refractivity contribution in [2.45, 2.75) is 31.4 Å². The van der Waals surface area contributed by atoms with E-state index in [2.05, 4.69) is 0 Å². The standard InChI is InChI=1S/C13H17FO2S/c14-12-6-4-5-11(9-12)10-17-8-3-1-2-7-13(15)16/h4-6,9H,1-3,7-8,10H2,(H,15,16). The van der Waals surface area contributed by atoms with Gasteiger partial charge in [0.15, 0.2) is 0 Å². The predicted octanol–water partition coefficient (Wildman–Crippen LogP) is 3.70. The van der Waals surface area contributed by atoms with Gasteiger partial charge in [-0.25, -0.2) is 4.39 Å². The zero-order valence-electron chi connectivity index (χ0n) is 9.69. The molecule has 0 spiro atoms. The number of hydrogen-bond acceptors (Lipinski definition) is 2. The monoisotopic (exact) mass is 256 g/mol. The van der Waals surface area contributed by atoms with E-state index in [1.54, 1.807) is 23.9 Å². The van der Waals surface area contributed by atoms with Crippen LogP contribution in [0.15, 0.2) is 24.3 Å². The van der Waals surface area contributed by atoms with Crippen molar-refractivity contribution in [2.24, 2.45) is 0 Å². The molecule has 0 saturated heterocycles. The molecule has 2 nitrogen and oxygen atoms in total. The van der Waals surface area contributed by atoms with Gasteiger partial charge in [-0.15, -0.1) is 0 Å². The van der Waals surface area contributed by atoms with Crippen LogP contribution in [0.25, 0.3) is 0 Å². The summed E-state index contributed by atoms with van der Waals surface area (Å²) in [4.78, 5) is 10.3. The van der Waals surface area contributed by atoms with Crippen molar-refractivity contribution in [1.82, 2.24) is 0 Å². The van der Waals surface area contributed by atoms with Crippen LogP contribution in [-0.4, -0.2) is 16.8 Å². The molecule has 0 fully saturated rings. The lowest BCUT2D eigenvalue weighted by atomic mass is 10.2. The largest absolute Gasteiger partial charge is 0.481 e. The topological polar surface area (TPSA) is 37.3 Å². The summed E-state index contributed by atoms with van der Waals surface area (Å²) in [5.41, 5.74) is 1.00. The molecule has 17 heavy (non-hydrogen) atoms. The van der Waals surface area contributed by atoms with Crippen LogP contribution in [0.3, 0.4) is 0 Å². The third-order valence-corrected chi connectivity index (χ3v) is 3.45. The lowest BCUT2D eigenvalue weighted by Gasteiger charge is -2.02. The SMILES string of the molecule is O=C(O)CCCCCSCc1cccc(F)c1. The molecule has 1 rings (SSSR count). The fourth-order valence-corrected chi connectivity index (χ4v) is 2.44. The summed E-state index contributed by atoms with van der Waals surface area (Å²) in [6.07, 6.45) is 2.97. The Kier molecular flexibility index (Phi) is 6.70. The van der Waals surface area contributed by atoms with E-state index in [1.807, 2.05) is 6.07 Å². The van der Waals surface area contributed by atoms with Gasteiger partial charge in [0.05, 0.1) is 0 Å². The summed E-state index contributed by atoms with van der Waals surface area (Å²) in [7, 11) is 0. The molecule has 0 saturated carbocycles. The Morgan fingerprint density at radius 1 is 1.29 bits per heavy atom. The second-order valence-electron chi connectivity index (χ2n) is 3.89. The number of aliphatic carboxylic acids is 1. The molecule has 0 heterocycles. The first-order chi connectivity index (χ1) is 8.18. The molecule has 0 atom stereocenters. The van der Waals surface area contributed by atoms with E-state index in [9.17, 15) is 9.18 Å². The summed E-state index contributed by atoms with van der Waals surface area (Å²) in [5.74, 6) is 0.897. The number of rotatable bonds is 8. The van der Waals surface area contributed by atoms with Gasteiger partial charge in [0, 0.05) is 12.2 Å². The average Bonchev–Trinajstić information content (AvgIpc) is 2.27. The maximum absolute atomic E-state index is 12.9. The first kappa shape index (κ1) is 14.0. The van der Waals surface area contributed by atoms with Crippen LogP contribution in [0.1, 0.15) is 31.2 Å². The van der Waals surface area contributed by atoms with E-state index in [0.29, 0.717) is 0 Å². The van der Waals surface area contributed by atoms with Crippen LogP contribution in [0.2, 0.25) is 0 Å². The molecular weight excluding hydrogens is 239 g/mol. The van der Waals surface area contributed by atoms with Crippen molar-refractivity contribution in [2.75, 3.05) is 5.75 Å². The minimum atomic E-state index is -0.725. The van der Waals surface area contributed by atoms with Crippen LogP contribution in [0, 0.1) is 5.82 Å². The number of benzene rings is 1. The Bertz CT molecular complexity index is 355. The zero-order chi connectivity index (χ0) is 12.5. The predicted molar refractivity (Wildman–Crippen MR) is 68.7 cm³/mol. The smallest absolute Gasteiger partial charge is 0.303 e. The van der Waals surface area contributed by atoms with E-state index < -0.39 is 5.97 Å². The quantitative estimate of drug-likeness (QED) is 0.720. The summed E-state index contributed by atoms with van der Waals surface area (Å²) >= 11 is 1.76. The van der Waals surface area contributed by atoms with Gasteiger partial charge in [-0.1, -0.05) is 18.6 Å². The van der Waals surface area contributed by atoms with Gasteiger partial charge in [0.2, 0.25) is 0 Å². The Labute approximate surface area is 105 Å². The minimum absolute atomic E-state index is 0.190. The van der Waals surface area contributed by atoms with Crippen molar-refractivity contribution < 1.29 is 14.3 Å². The van der Waals surface area contributed by atoms with E-state index in [1.165, 1.54) is 6.07 Å². The Hall–Kier alpha value is -1.03. The van der Waals surface area contributed by atoms with E-state index in [4.69, 9.17) is 5.11 Å². The van der Waals surface area contributed by atoms with Crippen LogP contribution in [0.5, 0.6) is 0 Å². The Morgan fingerprint density at radius 3 is 2.82 bits per heavy atom. The second kappa shape index (κ2) is 8.12. The second-order valence-corrected chi connectivity index (χ2v) is 4.99. The fraction of sp³-hybridized carbons (Fsp3) is 0.462. The van der Waals surface area contributed by atoms with Gasteiger partial charge >= 0.3 is 5.97 Å². The van der Waals surface area contributed by atoms with Crippen molar-refractivity contribution in [3.8, 4) is 0 Å². The van der Waals surface area contributed by atoms with Gasteiger partial charge in [0.25, 0.3) is 0 Å². The average molecular weight is 256 g/mol. The van der Waals surface area contributed by atoms with Crippen molar-refractivity contribution >= 4 is 17.7 Å². The number of halogens is 1. The highest BCUT2D eigenvalue weighted by Gasteiger charge is 1.98. The number of carbonyl (C=O) groups is 1. The van der Waals surface area contributed by atoms with E-state index in [-0.39, 0.29) is 12.2 Å². The third kappa shape index (κ3) is 7.00. The zero-order valence-corrected chi connectivity index (χ0v) is 10.5. The van der Waals surface area contributed by atoms with Gasteiger partial charge in [-0.2, -0.15) is 11.8 Å². The number of carboxylic acids is 1. The minimum Gasteiger partial charge on any atom is -0.481 e. The van der Waals surface area contributed by atoms with Crippen molar-refractivity contribution in [1.29, 1.82) is 0 Å². The highest BCUT2D eigenvalue weighted by atomic mass is 32.2. The van der Waals surface area contributed by atoms with Crippen LogP contribution in [-0.2, 0) is 10.5 Å². The normalized spacial score (nSPS) is 10.4. The molecule has 1 aromatic carbocycles. The summed E-state index contributed by atoms with van der Waals surface area (Å²) in [6, 6.07) is 6.64. The molecule has 0 unspecified atom stereocenters. The molecular formula is C13H17FO2S. The molecule has 1 N–H and O–H groups in total. The van der Waals surface area contributed by atoms with Crippen LogP contribution in [0.4, 0.5) is 4.39 Å². The van der Waals surface area contributed by atoms with E-state index in [0.717, 1.165) is 36.3 Å². The molecule has 4 heteroatoms. The first-order valence-electron chi connectivity index (χ1n) is 5.72. The van der Waals surface area contributed by atoms with Crippen molar-refractivity contribution in [3.63, 3.8) is 0 Å². The molecule has 1 aromatic rings. The van der Waals surface area contributed by atoms with Gasteiger partial charge in [-0.3, -0.25) is 4.79 Å². The molecule has 0 aliphatic heterocycles. The lowest BCUT2D eigenvalue weighted by molar-refractivity contribution is -0.137. The highest BCUT2D eigenvalue weighted by molar-refractivity contribution is 7.98. The molecule has 94 valence electrons. The molecule has 0 aliphatic carbocycles. The van der Waals surface area contributed by atoms with Gasteiger partial charge < -0.3 is 5.11 Å². The van der Waals surface area contributed by atoms with E-state index >= 15 is 0 Å². The maximum atomic E-state index is 12.9. The number of unbranched alkanes of at least 4 members (excludes halogenated alkanes) is 2. The number of carboxylic acid groups (broad SMARTS) is 1. The molecule has 0 radical (unpaired) electrons. The van der Waals surface area contributed by atoms with Crippen LogP contribution < -0.4 is 0 Å². The summed E-state index contributed by atoms with van der Waals surface area (Å²) < 4.78 is 12.9. The summed E-state index contributed by atoms with van der Waals surface area (Å²) in [6.45, 7) is 0. The Morgan fingerprint density at radius 2 is 2.12 bits per heavy atom. The molecule has 0 aromatic heterocycles. The lowest BCUT2D eigenvalue weighted by Crippen LogP contribution is -1.94. The fourth-order valence-electron chi connectivity index (χ4n) is 1.47. The van der Waals surface area contributed by atoms with Gasteiger partial charge in [0.1, 0.15) is 5.82 Å². The maximum Gasteiger partial charge on any atom is 0.303 e. The van der Waals surface area contributed by atoms with Crippen LogP contribution >= 0.6 is 11.8 Å². The van der Waals surface area contributed by atoms with Crippen molar-refractivity contribution in [3.05, 3.63) is 35.6 Å². The molecule has 0 aliphatic rings.